The molecule has 2 heterocycles. The highest BCUT2D eigenvalue weighted by atomic mass is 32.2. The summed E-state index contributed by atoms with van der Waals surface area (Å²) in [6.45, 7) is 6.88. The molecule has 8 heteroatoms. The van der Waals surface area contributed by atoms with E-state index < -0.39 is 17.1 Å². The molecule has 2 saturated heterocycles. The van der Waals surface area contributed by atoms with Gasteiger partial charge in [-0.05, 0) is 41.5 Å². The fourth-order valence-electron chi connectivity index (χ4n) is 2.82. The summed E-state index contributed by atoms with van der Waals surface area (Å²) in [6.07, 6.45) is 1.67. The number of benzene rings is 1. The van der Waals surface area contributed by atoms with E-state index in [0.717, 1.165) is 41.0 Å². The smallest absolute Gasteiger partial charge is 0.326 e. The van der Waals surface area contributed by atoms with Gasteiger partial charge in [-0.15, -0.1) is 0 Å². The standard InChI is InChI=1S/C20H24N2O5S/c1-14(2)13-27-18(23)12-22-19(24)17(28-20(22)25)11-15-3-5-16(6-4-15)21-7-9-26-10-8-21/h3-6,11,14H,7-10,12-13H2,1-2H3/b17-11+. The van der Waals surface area contributed by atoms with Crippen molar-refractivity contribution in [2.24, 2.45) is 5.92 Å². The van der Waals surface area contributed by atoms with Gasteiger partial charge in [0.2, 0.25) is 0 Å². The molecule has 0 aliphatic carbocycles. The van der Waals surface area contributed by atoms with Crippen LogP contribution in [0.3, 0.4) is 0 Å². The van der Waals surface area contributed by atoms with Gasteiger partial charge < -0.3 is 14.4 Å². The van der Waals surface area contributed by atoms with Crippen molar-refractivity contribution in [3.63, 3.8) is 0 Å². The number of thioether (sulfide) groups is 1. The maximum atomic E-state index is 12.5. The van der Waals surface area contributed by atoms with Crippen molar-refractivity contribution in [3.05, 3.63) is 34.7 Å². The van der Waals surface area contributed by atoms with Gasteiger partial charge in [-0.2, -0.15) is 0 Å². The zero-order chi connectivity index (χ0) is 20.1. The van der Waals surface area contributed by atoms with E-state index in [1.54, 1.807) is 6.08 Å². The fourth-order valence-corrected chi connectivity index (χ4v) is 3.66. The second-order valence-electron chi connectivity index (χ2n) is 7.04. The SMILES string of the molecule is CC(C)COC(=O)CN1C(=O)S/C(=C/c2ccc(N3CCOCC3)cc2)C1=O. The predicted molar refractivity (Wildman–Crippen MR) is 108 cm³/mol. The molecule has 1 aromatic carbocycles. The number of rotatable bonds is 6. The van der Waals surface area contributed by atoms with Crippen molar-refractivity contribution in [2.45, 2.75) is 13.8 Å². The van der Waals surface area contributed by atoms with E-state index in [0.29, 0.717) is 18.1 Å². The van der Waals surface area contributed by atoms with Gasteiger partial charge in [0.1, 0.15) is 6.54 Å². The Morgan fingerprint density at radius 1 is 1.21 bits per heavy atom. The molecule has 0 N–H and O–H groups in total. The van der Waals surface area contributed by atoms with Crippen LogP contribution in [0.4, 0.5) is 10.5 Å². The minimum Gasteiger partial charge on any atom is -0.464 e. The van der Waals surface area contributed by atoms with Gasteiger partial charge in [-0.25, -0.2) is 0 Å². The molecule has 2 amide bonds. The Labute approximate surface area is 168 Å². The zero-order valence-electron chi connectivity index (χ0n) is 16.1. The lowest BCUT2D eigenvalue weighted by Gasteiger charge is -2.28. The van der Waals surface area contributed by atoms with E-state index in [2.05, 4.69) is 4.90 Å². The quantitative estimate of drug-likeness (QED) is 0.533. The van der Waals surface area contributed by atoms with Gasteiger partial charge in [-0.3, -0.25) is 19.3 Å². The Bertz CT molecular complexity index is 769. The van der Waals surface area contributed by atoms with Crippen molar-refractivity contribution in [1.29, 1.82) is 0 Å². The van der Waals surface area contributed by atoms with Crippen LogP contribution in [0, 0.1) is 5.92 Å². The summed E-state index contributed by atoms with van der Waals surface area (Å²) in [5, 5.41) is -0.456. The van der Waals surface area contributed by atoms with Crippen LogP contribution in [0.1, 0.15) is 19.4 Å². The number of ether oxygens (including phenoxy) is 2. The minimum atomic E-state index is -0.577. The minimum absolute atomic E-state index is 0.194. The molecule has 0 radical (unpaired) electrons. The molecular weight excluding hydrogens is 380 g/mol. The lowest BCUT2D eigenvalue weighted by Crippen LogP contribution is -2.36. The van der Waals surface area contributed by atoms with Crippen molar-refractivity contribution in [2.75, 3.05) is 44.4 Å². The first-order chi connectivity index (χ1) is 13.4. The molecule has 28 heavy (non-hydrogen) atoms. The fraction of sp³-hybridized carbons (Fsp3) is 0.450. The maximum Gasteiger partial charge on any atom is 0.326 e. The molecule has 0 aromatic heterocycles. The van der Waals surface area contributed by atoms with E-state index in [4.69, 9.17) is 9.47 Å². The lowest BCUT2D eigenvalue weighted by atomic mass is 10.1. The first-order valence-corrected chi connectivity index (χ1v) is 10.1. The summed E-state index contributed by atoms with van der Waals surface area (Å²) in [6, 6.07) is 7.81. The molecule has 1 aromatic rings. The van der Waals surface area contributed by atoms with Gasteiger partial charge in [0.25, 0.3) is 11.1 Å². The van der Waals surface area contributed by atoms with Crippen molar-refractivity contribution in [1.82, 2.24) is 4.90 Å². The second kappa shape index (κ2) is 9.25. The van der Waals surface area contributed by atoms with E-state index in [9.17, 15) is 14.4 Å². The maximum absolute atomic E-state index is 12.5. The first-order valence-electron chi connectivity index (χ1n) is 9.28. The Morgan fingerprint density at radius 3 is 2.54 bits per heavy atom. The Hall–Kier alpha value is -2.32. The number of hydrogen-bond donors (Lipinski definition) is 0. The van der Waals surface area contributed by atoms with Gasteiger partial charge in [0.05, 0.1) is 24.7 Å². The van der Waals surface area contributed by atoms with Gasteiger partial charge >= 0.3 is 5.97 Å². The van der Waals surface area contributed by atoms with Crippen molar-refractivity contribution < 1.29 is 23.9 Å². The summed E-state index contributed by atoms with van der Waals surface area (Å²) < 4.78 is 10.4. The number of carbonyl (C=O) groups is 3. The zero-order valence-corrected chi connectivity index (χ0v) is 16.9. The van der Waals surface area contributed by atoms with Crippen LogP contribution in [-0.4, -0.2) is 61.5 Å². The molecule has 2 aliphatic rings. The predicted octanol–water partition coefficient (Wildman–Crippen LogP) is 2.76. The van der Waals surface area contributed by atoms with E-state index in [1.165, 1.54) is 0 Å². The highest BCUT2D eigenvalue weighted by Gasteiger charge is 2.36. The number of imide groups is 1. The molecule has 2 aliphatic heterocycles. The Kier molecular flexibility index (Phi) is 6.74. The van der Waals surface area contributed by atoms with Crippen molar-refractivity contribution in [3.8, 4) is 0 Å². The van der Waals surface area contributed by atoms with Crippen molar-refractivity contribution >= 4 is 40.6 Å². The van der Waals surface area contributed by atoms with Crippen LogP contribution in [0.2, 0.25) is 0 Å². The summed E-state index contributed by atoms with van der Waals surface area (Å²) in [4.78, 5) is 39.9. The molecular formula is C20H24N2O5S. The number of nitrogens with zero attached hydrogens (tertiary/aromatic N) is 2. The van der Waals surface area contributed by atoms with Crippen LogP contribution in [0.5, 0.6) is 0 Å². The first kappa shape index (κ1) is 20.4. The summed E-state index contributed by atoms with van der Waals surface area (Å²) in [7, 11) is 0. The normalized spacial score (nSPS) is 19.0. The molecule has 3 rings (SSSR count). The molecule has 0 saturated carbocycles. The largest absolute Gasteiger partial charge is 0.464 e. The Balaban J connectivity index is 1.63. The van der Waals surface area contributed by atoms with Crippen LogP contribution >= 0.6 is 11.8 Å². The van der Waals surface area contributed by atoms with Gasteiger partial charge in [0, 0.05) is 18.8 Å². The number of esters is 1. The van der Waals surface area contributed by atoms with E-state index >= 15 is 0 Å². The number of morpholine rings is 1. The highest BCUT2D eigenvalue weighted by molar-refractivity contribution is 8.18. The summed E-state index contributed by atoms with van der Waals surface area (Å²) in [5.41, 5.74) is 1.92. The second-order valence-corrected chi connectivity index (χ2v) is 8.03. The Morgan fingerprint density at radius 2 is 1.89 bits per heavy atom. The molecule has 0 atom stereocenters. The van der Waals surface area contributed by atoms with Crippen LogP contribution in [-0.2, 0) is 19.1 Å². The molecule has 150 valence electrons. The van der Waals surface area contributed by atoms with Crippen LogP contribution in [0.15, 0.2) is 29.2 Å². The van der Waals surface area contributed by atoms with Crippen LogP contribution < -0.4 is 4.90 Å². The third kappa shape index (κ3) is 5.14. The lowest BCUT2D eigenvalue weighted by molar-refractivity contribution is -0.147. The number of anilines is 1. The summed E-state index contributed by atoms with van der Waals surface area (Å²) >= 11 is 0.839. The van der Waals surface area contributed by atoms with E-state index in [1.807, 2.05) is 38.1 Å². The van der Waals surface area contributed by atoms with Gasteiger partial charge in [0.15, 0.2) is 0 Å². The number of carbonyl (C=O) groups excluding carboxylic acids is 3. The monoisotopic (exact) mass is 404 g/mol. The third-order valence-electron chi connectivity index (χ3n) is 4.31. The number of hydrogen-bond acceptors (Lipinski definition) is 7. The number of amides is 2. The van der Waals surface area contributed by atoms with Crippen LogP contribution in [0.25, 0.3) is 6.08 Å². The molecule has 0 spiro atoms. The van der Waals surface area contributed by atoms with E-state index in [-0.39, 0.29) is 19.1 Å². The van der Waals surface area contributed by atoms with Gasteiger partial charge in [-0.1, -0.05) is 26.0 Å². The topological polar surface area (TPSA) is 76.2 Å². The third-order valence-corrected chi connectivity index (χ3v) is 5.21. The molecule has 2 fully saturated rings. The highest BCUT2D eigenvalue weighted by Crippen LogP contribution is 2.32. The molecule has 7 nitrogen and oxygen atoms in total. The average Bonchev–Trinajstić information content (AvgIpc) is 2.95. The average molecular weight is 404 g/mol. The molecule has 0 bridgehead atoms. The molecule has 0 unspecified atom stereocenters. The summed E-state index contributed by atoms with van der Waals surface area (Å²) in [5.74, 6) is -0.847.